The number of ether oxygens (including phenoxy) is 1. The van der Waals surface area contributed by atoms with Gasteiger partial charge in [-0.3, -0.25) is 0 Å². The van der Waals surface area contributed by atoms with E-state index in [4.69, 9.17) is 22.1 Å². The highest BCUT2D eigenvalue weighted by Gasteiger charge is 1.99. The molecule has 2 N–H and O–H groups in total. The molecule has 1 aromatic rings. The molecule has 0 radical (unpaired) electrons. The van der Waals surface area contributed by atoms with E-state index in [0.29, 0.717) is 23.1 Å². The van der Waals surface area contributed by atoms with E-state index >= 15 is 0 Å². The van der Waals surface area contributed by atoms with E-state index in [9.17, 15) is 0 Å². The molecular formula is C10H12ClNO. The number of nitrogen functional groups attached to an aromatic ring is 1. The average Bonchev–Trinajstić information content (AvgIpc) is 2.09. The monoisotopic (exact) mass is 197 g/mol. The Bertz CT molecular complexity index is 310. The Morgan fingerprint density at radius 1 is 1.54 bits per heavy atom. The molecule has 0 spiro atoms. The van der Waals surface area contributed by atoms with Gasteiger partial charge in [-0.1, -0.05) is 23.8 Å². The number of hydrogen-bond acceptors (Lipinski definition) is 2. The van der Waals surface area contributed by atoms with Crippen LogP contribution in [0.25, 0.3) is 0 Å². The SMILES string of the molecule is C/C=C/COc1ccc(N)cc1Cl. The summed E-state index contributed by atoms with van der Waals surface area (Å²) in [6.07, 6.45) is 3.83. The zero-order valence-electron chi connectivity index (χ0n) is 7.46. The van der Waals surface area contributed by atoms with E-state index in [0.717, 1.165) is 0 Å². The van der Waals surface area contributed by atoms with Crippen LogP contribution in [0.5, 0.6) is 5.75 Å². The van der Waals surface area contributed by atoms with Crippen LogP contribution in [-0.2, 0) is 0 Å². The predicted molar refractivity (Wildman–Crippen MR) is 56.2 cm³/mol. The number of anilines is 1. The maximum absolute atomic E-state index is 5.88. The van der Waals surface area contributed by atoms with Gasteiger partial charge in [0.25, 0.3) is 0 Å². The van der Waals surface area contributed by atoms with Crippen molar-refractivity contribution in [1.82, 2.24) is 0 Å². The van der Waals surface area contributed by atoms with E-state index in [1.54, 1.807) is 18.2 Å². The van der Waals surface area contributed by atoms with Crippen LogP contribution < -0.4 is 10.5 Å². The molecule has 0 saturated heterocycles. The average molecular weight is 198 g/mol. The molecule has 2 nitrogen and oxygen atoms in total. The van der Waals surface area contributed by atoms with E-state index in [2.05, 4.69) is 0 Å². The first kappa shape index (κ1) is 9.93. The predicted octanol–water partition coefficient (Wildman–Crippen LogP) is 2.88. The van der Waals surface area contributed by atoms with Gasteiger partial charge < -0.3 is 10.5 Å². The van der Waals surface area contributed by atoms with Crippen molar-refractivity contribution in [3.63, 3.8) is 0 Å². The van der Waals surface area contributed by atoms with E-state index in [1.165, 1.54) is 0 Å². The van der Waals surface area contributed by atoms with Crippen molar-refractivity contribution in [3.8, 4) is 5.75 Å². The van der Waals surface area contributed by atoms with Gasteiger partial charge in [0.1, 0.15) is 12.4 Å². The third-order valence-electron chi connectivity index (χ3n) is 1.53. The molecule has 0 saturated carbocycles. The van der Waals surface area contributed by atoms with Crippen molar-refractivity contribution in [2.24, 2.45) is 0 Å². The fourth-order valence-electron chi connectivity index (χ4n) is 0.868. The van der Waals surface area contributed by atoms with Crippen LogP contribution in [0.3, 0.4) is 0 Å². The Morgan fingerprint density at radius 2 is 2.31 bits per heavy atom. The molecule has 0 aliphatic carbocycles. The highest BCUT2D eigenvalue weighted by molar-refractivity contribution is 6.32. The van der Waals surface area contributed by atoms with E-state index in [-0.39, 0.29) is 0 Å². The van der Waals surface area contributed by atoms with Crippen molar-refractivity contribution in [1.29, 1.82) is 0 Å². The Morgan fingerprint density at radius 3 is 2.92 bits per heavy atom. The van der Waals surface area contributed by atoms with Crippen molar-refractivity contribution in [2.75, 3.05) is 12.3 Å². The lowest BCUT2D eigenvalue weighted by Crippen LogP contribution is -1.94. The quantitative estimate of drug-likeness (QED) is 0.598. The number of hydrogen-bond donors (Lipinski definition) is 1. The van der Waals surface area contributed by atoms with Gasteiger partial charge in [-0.15, -0.1) is 0 Å². The molecule has 70 valence electrons. The minimum absolute atomic E-state index is 0.528. The second-order valence-electron chi connectivity index (χ2n) is 2.57. The van der Waals surface area contributed by atoms with Crippen LogP contribution in [0.4, 0.5) is 5.69 Å². The van der Waals surface area contributed by atoms with Gasteiger partial charge in [0, 0.05) is 5.69 Å². The normalized spacial score (nSPS) is 10.6. The van der Waals surface area contributed by atoms with Crippen LogP contribution in [0.1, 0.15) is 6.92 Å². The molecule has 0 aromatic heterocycles. The summed E-state index contributed by atoms with van der Waals surface area (Å²) in [6.45, 7) is 2.47. The first-order valence-electron chi connectivity index (χ1n) is 4.03. The highest BCUT2D eigenvalue weighted by Crippen LogP contribution is 2.26. The number of rotatable bonds is 3. The summed E-state index contributed by atoms with van der Waals surface area (Å²) in [5.41, 5.74) is 6.17. The second-order valence-corrected chi connectivity index (χ2v) is 2.98. The summed E-state index contributed by atoms with van der Waals surface area (Å²) in [7, 11) is 0. The standard InChI is InChI=1S/C10H12ClNO/c1-2-3-6-13-10-5-4-8(12)7-9(10)11/h2-5,7H,6,12H2,1H3/b3-2+. The van der Waals surface area contributed by atoms with Crippen LogP contribution in [0.15, 0.2) is 30.4 Å². The minimum atomic E-state index is 0.528. The van der Waals surface area contributed by atoms with Crippen LogP contribution in [-0.4, -0.2) is 6.61 Å². The molecule has 0 amide bonds. The number of halogens is 1. The van der Waals surface area contributed by atoms with Gasteiger partial charge >= 0.3 is 0 Å². The smallest absolute Gasteiger partial charge is 0.138 e. The molecule has 0 bridgehead atoms. The fraction of sp³-hybridized carbons (Fsp3) is 0.200. The lowest BCUT2D eigenvalue weighted by molar-refractivity contribution is 0.363. The number of allylic oxidation sites excluding steroid dienone is 1. The van der Waals surface area contributed by atoms with Gasteiger partial charge in [-0.2, -0.15) is 0 Å². The Labute approximate surface area is 83.0 Å². The fourth-order valence-corrected chi connectivity index (χ4v) is 1.11. The first-order valence-corrected chi connectivity index (χ1v) is 4.41. The van der Waals surface area contributed by atoms with Crippen LogP contribution in [0.2, 0.25) is 5.02 Å². The lowest BCUT2D eigenvalue weighted by Gasteiger charge is -2.05. The van der Waals surface area contributed by atoms with Gasteiger partial charge in [0.2, 0.25) is 0 Å². The van der Waals surface area contributed by atoms with Gasteiger partial charge in [-0.05, 0) is 25.1 Å². The Kier molecular flexibility index (Phi) is 3.65. The van der Waals surface area contributed by atoms with E-state index < -0.39 is 0 Å². The van der Waals surface area contributed by atoms with E-state index in [1.807, 2.05) is 19.1 Å². The lowest BCUT2D eigenvalue weighted by atomic mass is 10.3. The molecule has 13 heavy (non-hydrogen) atoms. The summed E-state index contributed by atoms with van der Waals surface area (Å²) in [5.74, 6) is 0.661. The largest absolute Gasteiger partial charge is 0.488 e. The molecule has 0 aliphatic rings. The Balaban J connectivity index is 2.66. The second kappa shape index (κ2) is 4.77. The third kappa shape index (κ3) is 2.99. The van der Waals surface area contributed by atoms with Crippen molar-refractivity contribution < 1.29 is 4.74 Å². The summed E-state index contributed by atoms with van der Waals surface area (Å²) < 4.78 is 5.36. The van der Waals surface area contributed by atoms with Crippen molar-refractivity contribution >= 4 is 17.3 Å². The zero-order valence-corrected chi connectivity index (χ0v) is 8.21. The molecule has 0 atom stereocenters. The van der Waals surface area contributed by atoms with Gasteiger partial charge in [0.05, 0.1) is 5.02 Å². The molecule has 3 heteroatoms. The summed E-state index contributed by atoms with van der Waals surface area (Å²) in [4.78, 5) is 0. The minimum Gasteiger partial charge on any atom is -0.488 e. The maximum Gasteiger partial charge on any atom is 0.138 e. The molecule has 1 rings (SSSR count). The van der Waals surface area contributed by atoms with Crippen molar-refractivity contribution in [2.45, 2.75) is 6.92 Å². The summed E-state index contributed by atoms with van der Waals surface area (Å²) in [5, 5.41) is 0.546. The molecule has 1 aromatic carbocycles. The number of benzene rings is 1. The first-order chi connectivity index (χ1) is 6.24. The molecular weight excluding hydrogens is 186 g/mol. The van der Waals surface area contributed by atoms with Crippen molar-refractivity contribution in [3.05, 3.63) is 35.4 Å². The van der Waals surface area contributed by atoms with Gasteiger partial charge in [0.15, 0.2) is 0 Å². The Hall–Kier alpha value is -1.15. The van der Waals surface area contributed by atoms with Crippen LogP contribution >= 0.6 is 11.6 Å². The number of nitrogens with two attached hydrogens (primary N) is 1. The molecule has 0 aliphatic heterocycles. The zero-order chi connectivity index (χ0) is 9.68. The molecule has 0 fully saturated rings. The third-order valence-corrected chi connectivity index (χ3v) is 1.82. The topological polar surface area (TPSA) is 35.2 Å². The van der Waals surface area contributed by atoms with Gasteiger partial charge in [-0.25, -0.2) is 0 Å². The molecule has 0 unspecified atom stereocenters. The summed E-state index contributed by atoms with van der Waals surface area (Å²) in [6, 6.07) is 5.20. The maximum atomic E-state index is 5.88. The van der Waals surface area contributed by atoms with Crippen LogP contribution in [0, 0.1) is 0 Å². The molecule has 0 heterocycles. The highest BCUT2D eigenvalue weighted by atomic mass is 35.5. The summed E-state index contributed by atoms with van der Waals surface area (Å²) >= 11 is 5.88.